The van der Waals surface area contributed by atoms with E-state index in [0.717, 1.165) is 25.3 Å². The number of nitrogens with zero attached hydrogens (tertiary/aromatic N) is 2. The zero-order valence-electron chi connectivity index (χ0n) is 10.8. The highest BCUT2D eigenvalue weighted by Gasteiger charge is 2.33. The molecule has 0 unspecified atom stereocenters. The second-order valence-corrected chi connectivity index (χ2v) is 5.21. The number of aromatic nitrogens is 2. The van der Waals surface area contributed by atoms with Gasteiger partial charge in [-0.25, -0.2) is 0 Å². The van der Waals surface area contributed by atoms with Gasteiger partial charge in [-0.3, -0.25) is 10.00 Å². The normalized spacial score (nSPS) is 25.0. The van der Waals surface area contributed by atoms with Crippen LogP contribution in [0.1, 0.15) is 19.5 Å². The fraction of sp³-hybridized carbons (Fsp3) is 0.750. The van der Waals surface area contributed by atoms with E-state index in [2.05, 4.69) is 28.9 Å². The van der Waals surface area contributed by atoms with Gasteiger partial charge in [0.05, 0.1) is 18.3 Å². The molecule has 5 heteroatoms. The van der Waals surface area contributed by atoms with Crippen molar-refractivity contribution in [3.63, 3.8) is 0 Å². The minimum atomic E-state index is -0.124. The van der Waals surface area contributed by atoms with Crippen LogP contribution in [0.5, 0.6) is 0 Å². The molecular formula is C12H21N3O2. The first-order chi connectivity index (χ1) is 8.09. The third-order valence-electron chi connectivity index (χ3n) is 2.86. The predicted molar refractivity (Wildman–Crippen MR) is 64.7 cm³/mol. The number of methoxy groups -OCH3 is 1. The van der Waals surface area contributed by atoms with Gasteiger partial charge < -0.3 is 9.47 Å². The van der Waals surface area contributed by atoms with Crippen LogP contribution in [-0.2, 0) is 16.0 Å². The average Bonchev–Trinajstić information content (AvgIpc) is 2.68. The predicted octanol–water partition coefficient (Wildman–Crippen LogP) is 1.04. The van der Waals surface area contributed by atoms with E-state index in [1.807, 2.05) is 6.07 Å². The summed E-state index contributed by atoms with van der Waals surface area (Å²) in [5, 5.41) is 6.97. The van der Waals surface area contributed by atoms with E-state index < -0.39 is 0 Å². The van der Waals surface area contributed by atoms with Crippen LogP contribution in [0.4, 0.5) is 0 Å². The van der Waals surface area contributed by atoms with E-state index in [9.17, 15) is 0 Å². The Labute approximate surface area is 102 Å². The third kappa shape index (κ3) is 3.52. The Balaban J connectivity index is 1.97. The minimum absolute atomic E-state index is 0.124. The standard InChI is InChI=1S/C12H21N3O2/c1-12(2)9-15(6-10-4-5-13-14-10)7-11(17-12)8-16-3/h4-5,11H,6-9H2,1-3H3,(H,13,14)/t11-/m1/s1. The monoisotopic (exact) mass is 239 g/mol. The van der Waals surface area contributed by atoms with Crippen LogP contribution in [0, 0.1) is 0 Å². The van der Waals surface area contributed by atoms with Gasteiger partial charge in [0.25, 0.3) is 0 Å². The molecule has 0 bridgehead atoms. The lowest BCUT2D eigenvalue weighted by Gasteiger charge is -2.42. The van der Waals surface area contributed by atoms with E-state index in [0.29, 0.717) is 6.61 Å². The van der Waals surface area contributed by atoms with Gasteiger partial charge in [0.15, 0.2) is 0 Å². The maximum atomic E-state index is 5.97. The van der Waals surface area contributed by atoms with Gasteiger partial charge in [0, 0.05) is 38.6 Å². The molecule has 1 aromatic rings. The van der Waals surface area contributed by atoms with Crippen molar-refractivity contribution in [1.82, 2.24) is 15.1 Å². The maximum Gasteiger partial charge on any atom is 0.0942 e. The molecule has 0 spiro atoms. The number of nitrogens with one attached hydrogen (secondary N) is 1. The largest absolute Gasteiger partial charge is 0.382 e. The molecule has 17 heavy (non-hydrogen) atoms. The molecule has 1 aliphatic heterocycles. The molecule has 1 N–H and O–H groups in total. The van der Waals surface area contributed by atoms with E-state index in [1.165, 1.54) is 0 Å². The first-order valence-corrected chi connectivity index (χ1v) is 5.96. The quantitative estimate of drug-likeness (QED) is 0.853. The minimum Gasteiger partial charge on any atom is -0.382 e. The van der Waals surface area contributed by atoms with Gasteiger partial charge in [-0.1, -0.05) is 0 Å². The Bertz CT molecular complexity index is 338. The molecule has 0 amide bonds. The van der Waals surface area contributed by atoms with Crippen molar-refractivity contribution in [2.45, 2.75) is 32.1 Å². The highest BCUT2D eigenvalue weighted by atomic mass is 16.5. The summed E-state index contributed by atoms with van der Waals surface area (Å²) in [5.74, 6) is 0. The molecule has 2 heterocycles. The van der Waals surface area contributed by atoms with E-state index in [4.69, 9.17) is 9.47 Å². The molecule has 1 fully saturated rings. The summed E-state index contributed by atoms with van der Waals surface area (Å²) >= 11 is 0. The molecule has 1 aliphatic rings. The molecule has 0 aliphatic carbocycles. The summed E-state index contributed by atoms with van der Waals surface area (Å²) < 4.78 is 11.2. The lowest BCUT2D eigenvalue weighted by Crippen LogP contribution is -2.53. The van der Waals surface area contributed by atoms with Crippen molar-refractivity contribution < 1.29 is 9.47 Å². The highest BCUT2D eigenvalue weighted by Crippen LogP contribution is 2.22. The topological polar surface area (TPSA) is 50.4 Å². The number of ether oxygens (including phenoxy) is 2. The average molecular weight is 239 g/mol. The second-order valence-electron chi connectivity index (χ2n) is 5.21. The first kappa shape index (κ1) is 12.5. The molecule has 0 saturated carbocycles. The van der Waals surface area contributed by atoms with Crippen LogP contribution >= 0.6 is 0 Å². The van der Waals surface area contributed by atoms with Crippen LogP contribution in [0.15, 0.2) is 12.3 Å². The van der Waals surface area contributed by atoms with Crippen LogP contribution in [0.25, 0.3) is 0 Å². The highest BCUT2D eigenvalue weighted by molar-refractivity contribution is 4.98. The summed E-state index contributed by atoms with van der Waals surface area (Å²) in [4.78, 5) is 2.38. The Kier molecular flexibility index (Phi) is 3.81. The van der Waals surface area contributed by atoms with Gasteiger partial charge in [-0.2, -0.15) is 5.10 Å². The van der Waals surface area contributed by atoms with Crippen molar-refractivity contribution >= 4 is 0 Å². The van der Waals surface area contributed by atoms with Crippen molar-refractivity contribution in [3.05, 3.63) is 18.0 Å². The van der Waals surface area contributed by atoms with E-state index >= 15 is 0 Å². The fourth-order valence-electron chi connectivity index (χ4n) is 2.42. The Morgan fingerprint density at radius 2 is 2.47 bits per heavy atom. The van der Waals surface area contributed by atoms with Crippen LogP contribution < -0.4 is 0 Å². The number of hydrogen-bond acceptors (Lipinski definition) is 4. The van der Waals surface area contributed by atoms with E-state index in [1.54, 1.807) is 13.3 Å². The number of rotatable bonds is 4. The van der Waals surface area contributed by atoms with Gasteiger partial charge in [-0.15, -0.1) is 0 Å². The van der Waals surface area contributed by atoms with Crippen LogP contribution in [0.2, 0.25) is 0 Å². The third-order valence-corrected chi connectivity index (χ3v) is 2.86. The number of H-pyrrole nitrogens is 1. The van der Waals surface area contributed by atoms with Gasteiger partial charge in [-0.05, 0) is 19.9 Å². The van der Waals surface area contributed by atoms with Crippen molar-refractivity contribution in [1.29, 1.82) is 0 Å². The zero-order chi connectivity index (χ0) is 12.3. The Morgan fingerprint density at radius 1 is 1.65 bits per heavy atom. The summed E-state index contributed by atoms with van der Waals surface area (Å²) in [7, 11) is 1.71. The molecule has 0 aromatic carbocycles. The summed E-state index contributed by atoms with van der Waals surface area (Å²) in [6.07, 6.45) is 1.93. The van der Waals surface area contributed by atoms with Gasteiger partial charge in [0.1, 0.15) is 0 Å². The SMILES string of the molecule is COC[C@H]1CN(Cc2ccn[nH]2)CC(C)(C)O1. The molecule has 96 valence electrons. The molecule has 0 radical (unpaired) electrons. The molecular weight excluding hydrogens is 218 g/mol. The zero-order valence-corrected chi connectivity index (χ0v) is 10.8. The van der Waals surface area contributed by atoms with Crippen molar-refractivity contribution in [2.75, 3.05) is 26.8 Å². The molecule has 5 nitrogen and oxygen atoms in total. The Hall–Kier alpha value is -0.910. The van der Waals surface area contributed by atoms with Crippen molar-refractivity contribution in [2.24, 2.45) is 0 Å². The number of aromatic amines is 1. The lowest BCUT2D eigenvalue weighted by atomic mass is 10.1. The Morgan fingerprint density at radius 3 is 3.12 bits per heavy atom. The maximum absolute atomic E-state index is 5.97. The first-order valence-electron chi connectivity index (χ1n) is 5.96. The summed E-state index contributed by atoms with van der Waals surface area (Å²) in [6.45, 7) is 7.59. The molecule has 1 aromatic heterocycles. The molecule has 1 saturated heterocycles. The van der Waals surface area contributed by atoms with Crippen LogP contribution in [-0.4, -0.2) is 53.6 Å². The number of hydrogen-bond donors (Lipinski definition) is 1. The van der Waals surface area contributed by atoms with Gasteiger partial charge in [0.2, 0.25) is 0 Å². The fourth-order valence-corrected chi connectivity index (χ4v) is 2.42. The van der Waals surface area contributed by atoms with Crippen LogP contribution in [0.3, 0.4) is 0 Å². The smallest absolute Gasteiger partial charge is 0.0942 e. The number of morpholine rings is 1. The van der Waals surface area contributed by atoms with Crippen molar-refractivity contribution in [3.8, 4) is 0 Å². The second kappa shape index (κ2) is 5.16. The molecule has 2 rings (SSSR count). The summed E-state index contributed by atoms with van der Waals surface area (Å²) in [5.41, 5.74) is 1.01. The van der Waals surface area contributed by atoms with Gasteiger partial charge >= 0.3 is 0 Å². The summed E-state index contributed by atoms with van der Waals surface area (Å²) in [6, 6.07) is 2.01. The lowest BCUT2D eigenvalue weighted by molar-refractivity contribution is -0.154. The molecule has 1 atom stereocenters. The van der Waals surface area contributed by atoms with E-state index in [-0.39, 0.29) is 11.7 Å².